The maximum absolute atomic E-state index is 12.7. The Balaban J connectivity index is 1.47. The lowest BCUT2D eigenvalue weighted by Crippen LogP contribution is -2.28. The standard InChI is InChI=1S/C22H19F3N2O5/c23-22(24,25)15-3-1-4-16(11-15)27-20(29)13-32-17-8-6-14(7-9-17)21(30)26-12-18(28)19-5-2-10-31-19/h1-11,18,28H,12-13H2,(H,26,30)(H,27,29). The number of hydrogen-bond acceptors (Lipinski definition) is 5. The van der Waals surface area contributed by atoms with Gasteiger partial charge in [-0.3, -0.25) is 9.59 Å². The third kappa shape index (κ3) is 6.35. The van der Waals surface area contributed by atoms with Crippen LogP contribution < -0.4 is 15.4 Å². The zero-order valence-corrected chi connectivity index (χ0v) is 16.6. The number of rotatable bonds is 8. The van der Waals surface area contributed by atoms with Crippen LogP contribution in [-0.4, -0.2) is 30.1 Å². The van der Waals surface area contributed by atoms with E-state index in [1.807, 2.05) is 0 Å². The summed E-state index contributed by atoms with van der Waals surface area (Å²) in [5.74, 6) is -0.448. The minimum Gasteiger partial charge on any atom is -0.484 e. The van der Waals surface area contributed by atoms with Crippen molar-refractivity contribution in [2.45, 2.75) is 12.3 Å². The Morgan fingerprint density at radius 1 is 1.06 bits per heavy atom. The predicted octanol–water partition coefficient (Wildman–Crippen LogP) is 3.78. The van der Waals surface area contributed by atoms with Crippen LogP contribution >= 0.6 is 0 Å². The molecule has 10 heteroatoms. The SMILES string of the molecule is O=C(COc1ccc(C(=O)NCC(O)c2ccco2)cc1)Nc1cccc(C(F)(F)F)c1. The summed E-state index contributed by atoms with van der Waals surface area (Å²) in [5.41, 5.74) is -0.573. The molecule has 0 fully saturated rings. The second kappa shape index (κ2) is 10.0. The molecular formula is C22H19F3N2O5. The summed E-state index contributed by atoms with van der Waals surface area (Å²) in [6.45, 7) is -0.475. The molecule has 1 unspecified atom stereocenters. The summed E-state index contributed by atoms with van der Waals surface area (Å²) >= 11 is 0. The fourth-order valence-electron chi connectivity index (χ4n) is 2.69. The Morgan fingerprint density at radius 2 is 1.81 bits per heavy atom. The van der Waals surface area contributed by atoms with Crippen LogP contribution in [0, 0.1) is 0 Å². The number of carbonyl (C=O) groups excluding carboxylic acids is 2. The molecule has 0 bridgehead atoms. The van der Waals surface area contributed by atoms with Gasteiger partial charge in [0.1, 0.15) is 17.6 Å². The molecule has 0 aliphatic heterocycles. The van der Waals surface area contributed by atoms with Crippen LogP contribution in [0.3, 0.4) is 0 Å². The average Bonchev–Trinajstić information content (AvgIpc) is 3.31. The Morgan fingerprint density at radius 3 is 2.47 bits per heavy atom. The van der Waals surface area contributed by atoms with Crippen molar-refractivity contribution in [3.8, 4) is 5.75 Å². The quantitative estimate of drug-likeness (QED) is 0.487. The van der Waals surface area contributed by atoms with Crippen LogP contribution in [-0.2, 0) is 11.0 Å². The Labute approximate surface area is 180 Å². The van der Waals surface area contributed by atoms with Crippen LogP contribution in [0.4, 0.5) is 18.9 Å². The van der Waals surface area contributed by atoms with Crippen LogP contribution in [0.1, 0.15) is 27.8 Å². The molecule has 3 rings (SSSR count). The van der Waals surface area contributed by atoms with E-state index in [1.54, 1.807) is 12.1 Å². The highest BCUT2D eigenvalue weighted by atomic mass is 19.4. The summed E-state index contributed by atoms with van der Waals surface area (Å²) in [5, 5.41) is 14.8. The van der Waals surface area contributed by atoms with Gasteiger partial charge in [-0.15, -0.1) is 0 Å². The molecule has 2 aromatic carbocycles. The van der Waals surface area contributed by atoms with Crippen LogP contribution in [0.25, 0.3) is 0 Å². The van der Waals surface area contributed by atoms with Crippen molar-refractivity contribution in [3.05, 3.63) is 83.8 Å². The predicted molar refractivity (Wildman–Crippen MR) is 108 cm³/mol. The normalized spacial score (nSPS) is 12.1. The van der Waals surface area contributed by atoms with E-state index < -0.39 is 36.3 Å². The smallest absolute Gasteiger partial charge is 0.416 e. The monoisotopic (exact) mass is 448 g/mol. The van der Waals surface area contributed by atoms with Crippen LogP contribution in [0.5, 0.6) is 5.75 Å². The Kier molecular flexibility index (Phi) is 7.16. The van der Waals surface area contributed by atoms with Gasteiger partial charge in [0.2, 0.25) is 0 Å². The Hall–Kier alpha value is -3.79. The first kappa shape index (κ1) is 22.9. The molecule has 0 aliphatic rings. The number of ether oxygens (including phenoxy) is 1. The molecule has 0 saturated heterocycles. The van der Waals surface area contributed by atoms with Gasteiger partial charge in [-0.2, -0.15) is 13.2 Å². The number of carbonyl (C=O) groups is 2. The molecule has 3 N–H and O–H groups in total. The molecule has 0 spiro atoms. The second-order valence-corrected chi connectivity index (χ2v) is 6.68. The van der Waals surface area contributed by atoms with Crippen molar-refractivity contribution < 1.29 is 37.0 Å². The maximum atomic E-state index is 12.7. The fraction of sp³-hybridized carbons (Fsp3) is 0.182. The Bertz CT molecular complexity index is 1050. The van der Waals surface area contributed by atoms with Gasteiger partial charge in [-0.25, -0.2) is 0 Å². The molecule has 0 radical (unpaired) electrons. The van der Waals surface area contributed by atoms with Gasteiger partial charge in [0.05, 0.1) is 18.4 Å². The number of halogens is 3. The first-order valence-electron chi connectivity index (χ1n) is 9.42. The summed E-state index contributed by atoms with van der Waals surface area (Å²) < 4.78 is 48.6. The molecule has 1 aromatic heterocycles. The zero-order chi connectivity index (χ0) is 23.1. The van der Waals surface area contributed by atoms with E-state index in [0.717, 1.165) is 12.1 Å². The molecule has 2 amide bonds. The van der Waals surface area contributed by atoms with E-state index in [-0.39, 0.29) is 18.0 Å². The van der Waals surface area contributed by atoms with Crippen molar-refractivity contribution >= 4 is 17.5 Å². The topological polar surface area (TPSA) is 101 Å². The lowest BCUT2D eigenvalue weighted by molar-refractivity contribution is -0.137. The van der Waals surface area contributed by atoms with E-state index in [4.69, 9.17) is 9.15 Å². The van der Waals surface area contributed by atoms with Gasteiger partial charge in [-0.1, -0.05) is 6.07 Å². The summed E-state index contributed by atoms with van der Waals surface area (Å²) in [6.07, 6.45) is -4.08. The number of alkyl halides is 3. The number of hydrogen-bond donors (Lipinski definition) is 3. The molecule has 168 valence electrons. The number of benzene rings is 2. The minimum absolute atomic E-state index is 0.00261. The largest absolute Gasteiger partial charge is 0.484 e. The lowest BCUT2D eigenvalue weighted by atomic mass is 10.2. The first-order chi connectivity index (χ1) is 15.2. The van der Waals surface area contributed by atoms with Crippen LogP contribution in [0.15, 0.2) is 71.3 Å². The van der Waals surface area contributed by atoms with E-state index >= 15 is 0 Å². The third-order valence-electron chi connectivity index (χ3n) is 4.29. The average molecular weight is 448 g/mol. The molecule has 1 atom stereocenters. The number of anilines is 1. The van der Waals surface area contributed by atoms with Gasteiger partial charge in [0, 0.05) is 11.3 Å². The van der Waals surface area contributed by atoms with Crippen molar-refractivity contribution in [3.63, 3.8) is 0 Å². The van der Waals surface area contributed by atoms with Gasteiger partial charge in [0.15, 0.2) is 6.61 Å². The highest BCUT2D eigenvalue weighted by molar-refractivity contribution is 5.94. The molecule has 7 nitrogen and oxygen atoms in total. The third-order valence-corrected chi connectivity index (χ3v) is 4.29. The van der Waals surface area contributed by atoms with Gasteiger partial charge >= 0.3 is 6.18 Å². The van der Waals surface area contributed by atoms with Crippen molar-refractivity contribution in [1.82, 2.24) is 5.32 Å². The lowest BCUT2D eigenvalue weighted by Gasteiger charge is -2.11. The van der Waals surface area contributed by atoms with Gasteiger partial charge < -0.3 is 24.9 Å². The summed E-state index contributed by atoms with van der Waals surface area (Å²) in [7, 11) is 0. The molecular weight excluding hydrogens is 429 g/mol. The van der Waals surface area contributed by atoms with Gasteiger partial charge in [-0.05, 0) is 54.6 Å². The van der Waals surface area contributed by atoms with Crippen molar-refractivity contribution in [2.24, 2.45) is 0 Å². The first-order valence-corrected chi connectivity index (χ1v) is 9.42. The van der Waals surface area contributed by atoms with E-state index in [2.05, 4.69) is 10.6 Å². The number of amides is 2. The molecule has 32 heavy (non-hydrogen) atoms. The number of aliphatic hydroxyl groups excluding tert-OH is 1. The minimum atomic E-state index is -4.51. The highest BCUT2D eigenvalue weighted by Gasteiger charge is 2.30. The molecule has 3 aromatic rings. The second-order valence-electron chi connectivity index (χ2n) is 6.68. The maximum Gasteiger partial charge on any atom is 0.416 e. The molecule has 0 aliphatic carbocycles. The molecule has 1 heterocycles. The van der Waals surface area contributed by atoms with Gasteiger partial charge in [0.25, 0.3) is 11.8 Å². The number of nitrogens with one attached hydrogen (secondary N) is 2. The number of furan rings is 1. The fourth-order valence-corrected chi connectivity index (χ4v) is 2.69. The molecule has 0 saturated carbocycles. The highest BCUT2D eigenvalue weighted by Crippen LogP contribution is 2.30. The van der Waals surface area contributed by atoms with E-state index in [0.29, 0.717) is 11.3 Å². The summed E-state index contributed by atoms with van der Waals surface area (Å²) in [4.78, 5) is 24.1. The van der Waals surface area contributed by atoms with Crippen LogP contribution in [0.2, 0.25) is 0 Å². The van der Waals surface area contributed by atoms with Crippen molar-refractivity contribution in [1.29, 1.82) is 0 Å². The van der Waals surface area contributed by atoms with E-state index in [9.17, 15) is 27.9 Å². The zero-order valence-electron chi connectivity index (χ0n) is 16.6. The van der Waals surface area contributed by atoms with Crippen molar-refractivity contribution in [2.75, 3.05) is 18.5 Å². The van der Waals surface area contributed by atoms with E-state index in [1.165, 1.54) is 42.7 Å². The number of aliphatic hydroxyl groups is 1. The summed E-state index contributed by atoms with van der Waals surface area (Å²) in [6, 6.07) is 13.3.